The molecule has 1 atom stereocenters. The van der Waals surface area contributed by atoms with E-state index in [1.165, 1.54) is 12.1 Å². The van der Waals surface area contributed by atoms with Gasteiger partial charge in [0.25, 0.3) is 0 Å². The normalized spacial score (nSPS) is 19.1. The van der Waals surface area contributed by atoms with Crippen LogP contribution in [0.5, 0.6) is 0 Å². The van der Waals surface area contributed by atoms with Crippen molar-refractivity contribution in [3.05, 3.63) is 66.3 Å². The van der Waals surface area contributed by atoms with Crippen LogP contribution in [0.1, 0.15) is 11.5 Å². The second kappa shape index (κ2) is 5.75. The maximum Gasteiger partial charge on any atom is 0.201 e. The Morgan fingerprint density at radius 3 is 3.08 bits per heavy atom. The largest absolute Gasteiger partial charge is 0.325 e. The van der Waals surface area contributed by atoms with Crippen LogP contribution in [-0.2, 0) is 6.54 Å². The molecule has 1 aliphatic rings. The Kier molecular flexibility index (Phi) is 3.69. The minimum absolute atomic E-state index is 0.287. The van der Waals surface area contributed by atoms with Crippen LogP contribution >= 0.6 is 27.5 Å². The van der Waals surface area contributed by atoms with Gasteiger partial charge >= 0.3 is 0 Å². The smallest absolute Gasteiger partial charge is 0.201 e. The van der Waals surface area contributed by atoms with Gasteiger partial charge in [0.15, 0.2) is 5.82 Å². The predicted octanol–water partition coefficient (Wildman–Crippen LogP) is 3.79. The van der Waals surface area contributed by atoms with E-state index in [1.54, 1.807) is 23.0 Å². The van der Waals surface area contributed by atoms with Gasteiger partial charge in [-0.2, -0.15) is 0 Å². The summed E-state index contributed by atoms with van der Waals surface area (Å²) in [5, 5.41) is 0. The highest BCUT2D eigenvalue weighted by Gasteiger charge is 2.24. The summed E-state index contributed by atoms with van der Waals surface area (Å²) in [4.78, 5) is 8.89. The highest BCUT2D eigenvalue weighted by atomic mass is 79.9. The van der Waals surface area contributed by atoms with Gasteiger partial charge in [0.2, 0.25) is 3.91 Å². The zero-order chi connectivity index (χ0) is 16.7. The minimum atomic E-state index is -0.820. The second-order valence-corrected chi connectivity index (χ2v) is 7.72. The molecule has 1 unspecified atom stereocenters. The highest BCUT2D eigenvalue weighted by molar-refractivity contribution is 9.10. The zero-order valence-corrected chi connectivity index (χ0v) is 14.7. The monoisotopic (exact) mass is 407 g/mol. The lowest BCUT2D eigenvalue weighted by atomic mass is 10.2. The van der Waals surface area contributed by atoms with E-state index in [0.717, 1.165) is 17.1 Å². The molecule has 4 rings (SSSR count). The average molecular weight is 409 g/mol. The summed E-state index contributed by atoms with van der Waals surface area (Å²) < 4.78 is 16.3. The van der Waals surface area contributed by atoms with Crippen molar-refractivity contribution in [1.82, 2.24) is 19.2 Å². The average Bonchev–Trinajstić information content (AvgIpc) is 3.12. The lowest BCUT2D eigenvalue weighted by molar-refractivity contribution is 0.628. The van der Waals surface area contributed by atoms with Crippen molar-refractivity contribution in [2.75, 3.05) is 5.43 Å². The van der Waals surface area contributed by atoms with E-state index in [4.69, 9.17) is 11.6 Å². The molecule has 122 valence electrons. The Morgan fingerprint density at radius 1 is 1.38 bits per heavy atom. The molecule has 3 aromatic rings. The van der Waals surface area contributed by atoms with E-state index in [1.807, 2.05) is 29.1 Å². The van der Waals surface area contributed by atoms with E-state index >= 15 is 0 Å². The summed E-state index contributed by atoms with van der Waals surface area (Å²) in [5.41, 5.74) is 4.62. The summed E-state index contributed by atoms with van der Waals surface area (Å²) in [7, 11) is 0. The summed E-state index contributed by atoms with van der Waals surface area (Å²) in [6, 6.07) is 6.38. The van der Waals surface area contributed by atoms with Crippen LogP contribution in [0.15, 0.2) is 48.9 Å². The number of hydrogen-bond acceptors (Lipinski definition) is 3. The molecule has 1 aliphatic heterocycles. The van der Waals surface area contributed by atoms with E-state index in [9.17, 15) is 4.39 Å². The van der Waals surface area contributed by atoms with Crippen LogP contribution in [-0.4, -0.2) is 23.1 Å². The molecule has 0 aliphatic carbocycles. The first-order chi connectivity index (χ1) is 11.5. The number of nitrogens with zero attached hydrogens (tertiary/aromatic N) is 4. The van der Waals surface area contributed by atoms with E-state index in [2.05, 4.69) is 31.3 Å². The van der Waals surface area contributed by atoms with Crippen LogP contribution in [0.4, 0.5) is 4.39 Å². The molecule has 5 nitrogen and oxygen atoms in total. The number of hydrogen-bond donors (Lipinski definition) is 1. The van der Waals surface area contributed by atoms with E-state index in [-0.39, 0.29) is 5.82 Å². The van der Waals surface area contributed by atoms with Crippen LogP contribution in [0.25, 0.3) is 17.5 Å². The summed E-state index contributed by atoms with van der Waals surface area (Å²) in [6.07, 6.45) is 9.01. The summed E-state index contributed by atoms with van der Waals surface area (Å²) in [6.45, 7) is 0.513. The maximum atomic E-state index is 13.5. The lowest BCUT2D eigenvalue weighted by Crippen LogP contribution is -2.32. The number of benzene rings is 1. The molecule has 8 heteroatoms. The number of fused-ring (bicyclic) bond motifs is 1. The SMILES string of the molecule is Fc1cccc(-c2nccn2Cc2cn3c(n2)C=CC(Cl)(Br)N3)c1. The fourth-order valence-electron chi connectivity index (χ4n) is 2.60. The number of rotatable bonds is 3. The maximum absolute atomic E-state index is 13.5. The molecule has 24 heavy (non-hydrogen) atoms. The third-order valence-electron chi connectivity index (χ3n) is 3.62. The molecule has 0 saturated heterocycles. The van der Waals surface area contributed by atoms with Gasteiger partial charge in [0.05, 0.1) is 18.4 Å². The van der Waals surface area contributed by atoms with Crippen molar-refractivity contribution in [2.45, 2.75) is 10.5 Å². The van der Waals surface area contributed by atoms with Gasteiger partial charge in [0.1, 0.15) is 11.6 Å². The third-order valence-corrected chi connectivity index (χ3v) is 4.28. The summed E-state index contributed by atoms with van der Waals surface area (Å²) in [5.74, 6) is 1.16. The highest BCUT2D eigenvalue weighted by Crippen LogP contribution is 2.28. The van der Waals surface area contributed by atoms with Crippen LogP contribution in [0.2, 0.25) is 0 Å². The molecule has 0 spiro atoms. The Morgan fingerprint density at radius 2 is 2.25 bits per heavy atom. The Labute approximate surface area is 150 Å². The Balaban J connectivity index is 1.63. The molecule has 2 aromatic heterocycles. The molecule has 0 radical (unpaired) electrons. The second-order valence-electron chi connectivity index (χ2n) is 5.42. The van der Waals surface area contributed by atoms with E-state index < -0.39 is 3.91 Å². The van der Waals surface area contributed by atoms with Crippen molar-refractivity contribution in [3.8, 4) is 11.4 Å². The first kappa shape index (κ1) is 15.4. The zero-order valence-electron chi connectivity index (χ0n) is 12.3. The molecule has 0 fully saturated rings. The number of alkyl halides is 2. The number of aromatic nitrogens is 4. The fourth-order valence-corrected chi connectivity index (χ4v) is 3.08. The molecule has 3 heterocycles. The van der Waals surface area contributed by atoms with E-state index in [0.29, 0.717) is 12.4 Å². The molecule has 1 aromatic carbocycles. The molecule has 0 amide bonds. The molecule has 1 N–H and O–H groups in total. The van der Waals surface area contributed by atoms with Crippen molar-refractivity contribution in [3.63, 3.8) is 0 Å². The molecule has 0 saturated carbocycles. The number of nitrogens with one attached hydrogen (secondary N) is 1. The van der Waals surface area contributed by atoms with Crippen LogP contribution < -0.4 is 5.43 Å². The minimum Gasteiger partial charge on any atom is -0.325 e. The van der Waals surface area contributed by atoms with Crippen LogP contribution in [0, 0.1) is 5.82 Å². The molecular formula is C16H12BrClFN5. The van der Waals surface area contributed by atoms with Crippen molar-refractivity contribution in [2.24, 2.45) is 0 Å². The van der Waals surface area contributed by atoms with Gasteiger partial charge in [-0.05, 0) is 40.2 Å². The van der Waals surface area contributed by atoms with Gasteiger partial charge in [-0.3, -0.25) is 5.43 Å². The van der Waals surface area contributed by atoms with Crippen molar-refractivity contribution in [1.29, 1.82) is 0 Å². The van der Waals surface area contributed by atoms with Gasteiger partial charge < -0.3 is 4.57 Å². The molecule has 0 bridgehead atoms. The van der Waals surface area contributed by atoms with Crippen molar-refractivity contribution < 1.29 is 4.39 Å². The van der Waals surface area contributed by atoms with Gasteiger partial charge in [-0.15, -0.1) is 0 Å². The quantitative estimate of drug-likeness (QED) is 0.530. The van der Waals surface area contributed by atoms with Crippen molar-refractivity contribution >= 4 is 33.6 Å². The molecular weight excluding hydrogens is 397 g/mol. The van der Waals surface area contributed by atoms with Crippen LogP contribution in [0.3, 0.4) is 0 Å². The predicted molar refractivity (Wildman–Crippen MR) is 94.9 cm³/mol. The Bertz CT molecular complexity index is 930. The van der Waals surface area contributed by atoms with Gasteiger partial charge in [-0.1, -0.05) is 23.7 Å². The standard InChI is InChI=1S/C16H12BrClFN5/c17-16(18)5-4-14-21-13(10-24(14)22-16)9-23-7-6-20-15(23)11-2-1-3-12(19)8-11/h1-8,10,22H,9H2. The topological polar surface area (TPSA) is 47.7 Å². The first-order valence-electron chi connectivity index (χ1n) is 7.21. The number of halogens is 3. The van der Waals surface area contributed by atoms with Gasteiger partial charge in [0, 0.05) is 18.0 Å². The lowest BCUT2D eigenvalue weighted by Gasteiger charge is -2.23. The first-order valence-corrected chi connectivity index (χ1v) is 8.38. The third kappa shape index (κ3) is 2.97. The fraction of sp³-hybridized carbons (Fsp3) is 0.125. The summed E-state index contributed by atoms with van der Waals surface area (Å²) >= 11 is 9.54. The number of imidazole rings is 2. The Hall–Kier alpha value is -2.12. The van der Waals surface area contributed by atoms with Gasteiger partial charge in [-0.25, -0.2) is 19.0 Å².